The molecule has 0 aliphatic carbocycles. The van der Waals surface area contributed by atoms with Crippen LogP contribution in [-0.4, -0.2) is 43.9 Å². The molecule has 0 bridgehead atoms. The van der Waals surface area contributed by atoms with Crippen LogP contribution in [0.3, 0.4) is 0 Å². The summed E-state index contributed by atoms with van der Waals surface area (Å²) in [6, 6.07) is 18.5. The highest BCUT2D eigenvalue weighted by Crippen LogP contribution is 2.24. The molecule has 3 aromatic carbocycles. The molecule has 1 aliphatic heterocycles. The van der Waals surface area contributed by atoms with Crippen molar-refractivity contribution in [1.82, 2.24) is 10.6 Å². The highest BCUT2D eigenvalue weighted by atomic mass is 19.1. The van der Waals surface area contributed by atoms with Crippen molar-refractivity contribution in [3.63, 3.8) is 0 Å². The van der Waals surface area contributed by atoms with Crippen molar-refractivity contribution in [3.05, 3.63) is 101 Å². The molecule has 4 rings (SSSR count). The SMILES string of the molecule is O=C(N[C@H](Cc1ccccc1)C(=O)Cc1cc(F)ccc1N1CCNCC1)c1ccccc1F. The second-order valence-electron chi connectivity index (χ2n) is 8.35. The topological polar surface area (TPSA) is 61.4 Å². The lowest BCUT2D eigenvalue weighted by molar-refractivity contribution is -0.120. The van der Waals surface area contributed by atoms with Gasteiger partial charge in [0.15, 0.2) is 5.78 Å². The molecule has 0 spiro atoms. The molecular formula is C27H27F2N3O2. The second-order valence-corrected chi connectivity index (χ2v) is 8.35. The molecule has 1 aliphatic rings. The minimum absolute atomic E-state index is 0.0495. The Labute approximate surface area is 197 Å². The summed E-state index contributed by atoms with van der Waals surface area (Å²) in [7, 11) is 0. The summed E-state index contributed by atoms with van der Waals surface area (Å²) in [5.41, 5.74) is 2.12. The van der Waals surface area contributed by atoms with Gasteiger partial charge >= 0.3 is 0 Å². The standard InChI is InChI=1S/C27H27F2N3O2/c28-21-10-11-25(32-14-12-30-13-15-32)20(17-21)18-26(33)24(16-19-6-2-1-3-7-19)31-27(34)22-8-4-5-9-23(22)29/h1-11,17,24,30H,12-16,18H2,(H,31,34)/t24-/m1/s1. The number of rotatable bonds is 8. The Morgan fingerprint density at radius 1 is 0.941 bits per heavy atom. The summed E-state index contributed by atoms with van der Waals surface area (Å²) < 4.78 is 28.3. The van der Waals surface area contributed by atoms with Crippen LogP contribution in [0.15, 0.2) is 72.8 Å². The van der Waals surface area contributed by atoms with Crippen LogP contribution < -0.4 is 15.5 Å². The molecule has 176 valence electrons. The third-order valence-corrected chi connectivity index (χ3v) is 5.96. The molecule has 0 radical (unpaired) electrons. The highest BCUT2D eigenvalue weighted by molar-refractivity contribution is 5.98. The van der Waals surface area contributed by atoms with Gasteiger partial charge in [0.1, 0.15) is 11.6 Å². The van der Waals surface area contributed by atoms with Crippen LogP contribution in [-0.2, 0) is 17.6 Å². The van der Waals surface area contributed by atoms with Crippen LogP contribution in [0.1, 0.15) is 21.5 Å². The zero-order valence-electron chi connectivity index (χ0n) is 18.8. The van der Waals surface area contributed by atoms with E-state index in [9.17, 15) is 18.4 Å². The molecule has 3 aromatic rings. The molecule has 5 nitrogen and oxygen atoms in total. The average molecular weight is 464 g/mol. The molecule has 1 heterocycles. The monoisotopic (exact) mass is 463 g/mol. The van der Waals surface area contributed by atoms with E-state index < -0.39 is 23.6 Å². The summed E-state index contributed by atoms with van der Waals surface area (Å²) in [5, 5.41) is 5.99. The lowest BCUT2D eigenvalue weighted by Gasteiger charge is -2.31. The number of carbonyl (C=O) groups excluding carboxylic acids is 2. The Morgan fingerprint density at radius 3 is 2.38 bits per heavy atom. The lowest BCUT2D eigenvalue weighted by Crippen LogP contribution is -2.45. The summed E-state index contributed by atoms with van der Waals surface area (Å²) in [6.07, 6.45) is 0.199. The van der Waals surface area contributed by atoms with Crippen molar-refractivity contribution in [2.24, 2.45) is 0 Å². The molecule has 0 unspecified atom stereocenters. The third kappa shape index (κ3) is 5.85. The Balaban J connectivity index is 1.59. The lowest BCUT2D eigenvalue weighted by atomic mass is 9.96. The van der Waals surface area contributed by atoms with Crippen LogP contribution in [0.2, 0.25) is 0 Å². The zero-order chi connectivity index (χ0) is 23.9. The smallest absolute Gasteiger partial charge is 0.254 e. The molecule has 0 aromatic heterocycles. The summed E-state index contributed by atoms with van der Waals surface area (Å²) in [4.78, 5) is 28.4. The van der Waals surface area contributed by atoms with E-state index in [1.807, 2.05) is 30.3 Å². The van der Waals surface area contributed by atoms with Crippen molar-refractivity contribution in [2.45, 2.75) is 18.9 Å². The molecule has 1 amide bonds. The van der Waals surface area contributed by atoms with E-state index in [0.29, 0.717) is 5.56 Å². The van der Waals surface area contributed by atoms with Gasteiger partial charge in [-0.05, 0) is 47.9 Å². The molecule has 1 fully saturated rings. The molecule has 7 heteroatoms. The van der Waals surface area contributed by atoms with E-state index >= 15 is 0 Å². The quantitative estimate of drug-likeness (QED) is 0.537. The van der Waals surface area contributed by atoms with Crippen molar-refractivity contribution >= 4 is 17.4 Å². The summed E-state index contributed by atoms with van der Waals surface area (Å²) in [5.74, 6) is -2.00. The van der Waals surface area contributed by atoms with E-state index in [0.717, 1.165) is 37.4 Å². The number of anilines is 1. The number of Topliss-reactive ketones (excluding diaryl/α,β-unsaturated/α-hetero) is 1. The highest BCUT2D eigenvalue weighted by Gasteiger charge is 2.25. The van der Waals surface area contributed by atoms with Gasteiger partial charge in [0, 0.05) is 38.3 Å². The Hall–Kier alpha value is -3.58. The number of piperazine rings is 1. The first-order chi connectivity index (χ1) is 16.5. The summed E-state index contributed by atoms with van der Waals surface area (Å²) >= 11 is 0. The van der Waals surface area contributed by atoms with E-state index in [1.54, 1.807) is 12.1 Å². The van der Waals surface area contributed by atoms with Crippen molar-refractivity contribution in [3.8, 4) is 0 Å². The molecule has 2 N–H and O–H groups in total. The van der Waals surface area contributed by atoms with Gasteiger partial charge in [-0.25, -0.2) is 8.78 Å². The van der Waals surface area contributed by atoms with E-state index in [-0.39, 0.29) is 24.2 Å². The molecule has 34 heavy (non-hydrogen) atoms. The molecule has 0 saturated carbocycles. The number of hydrogen-bond donors (Lipinski definition) is 2. The van der Waals surface area contributed by atoms with Crippen LogP contribution in [0.4, 0.5) is 14.5 Å². The van der Waals surface area contributed by atoms with Crippen LogP contribution in [0.5, 0.6) is 0 Å². The van der Waals surface area contributed by atoms with Crippen molar-refractivity contribution in [2.75, 3.05) is 31.1 Å². The Bertz CT molecular complexity index is 1150. The van der Waals surface area contributed by atoms with Gasteiger partial charge in [0.2, 0.25) is 0 Å². The number of benzene rings is 3. The van der Waals surface area contributed by atoms with Gasteiger partial charge in [-0.2, -0.15) is 0 Å². The minimum atomic E-state index is -0.895. The second kappa shape index (κ2) is 11.0. The molecule has 1 saturated heterocycles. The van der Waals surface area contributed by atoms with Gasteiger partial charge in [0.05, 0.1) is 11.6 Å². The number of ketones is 1. The fourth-order valence-corrected chi connectivity index (χ4v) is 4.20. The Kier molecular flexibility index (Phi) is 7.65. The van der Waals surface area contributed by atoms with Crippen LogP contribution in [0.25, 0.3) is 0 Å². The van der Waals surface area contributed by atoms with Gasteiger partial charge < -0.3 is 15.5 Å². The number of hydrogen-bond acceptors (Lipinski definition) is 4. The fourth-order valence-electron chi connectivity index (χ4n) is 4.20. The zero-order valence-corrected chi connectivity index (χ0v) is 18.8. The van der Waals surface area contributed by atoms with Gasteiger partial charge in [-0.1, -0.05) is 42.5 Å². The van der Waals surface area contributed by atoms with Crippen molar-refractivity contribution in [1.29, 1.82) is 0 Å². The first-order valence-corrected chi connectivity index (χ1v) is 11.4. The predicted octanol–water partition coefficient (Wildman–Crippen LogP) is 3.53. The van der Waals surface area contributed by atoms with E-state index in [1.165, 1.54) is 30.3 Å². The number of nitrogens with one attached hydrogen (secondary N) is 2. The maximum Gasteiger partial charge on any atom is 0.254 e. The number of halogens is 2. The minimum Gasteiger partial charge on any atom is -0.369 e. The fraction of sp³-hybridized carbons (Fsp3) is 0.259. The largest absolute Gasteiger partial charge is 0.369 e. The maximum absolute atomic E-state index is 14.2. The maximum atomic E-state index is 14.2. The average Bonchev–Trinajstić information content (AvgIpc) is 2.85. The van der Waals surface area contributed by atoms with Crippen molar-refractivity contribution < 1.29 is 18.4 Å². The number of amides is 1. The summed E-state index contributed by atoms with van der Waals surface area (Å²) in [6.45, 7) is 3.12. The van der Waals surface area contributed by atoms with Gasteiger partial charge in [-0.15, -0.1) is 0 Å². The Morgan fingerprint density at radius 2 is 1.65 bits per heavy atom. The first-order valence-electron chi connectivity index (χ1n) is 11.4. The van der Waals surface area contributed by atoms with E-state index in [4.69, 9.17) is 0 Å². The molecule has 1 atom stereocenters. The third-order valence-electron chi connectivity index (χ3n) is 5.96. The normalized spacial score (nSPS) is 14.5. The van der Waals surface area contributed by atoms with Crippen LogP contribution in [0, 0.1) is 11.6 Å². The van der Waals surface area contributed by atoms with Gasteiger partial charge in [0.25, 0.3) is 5.91 Å². The molecular weight excluding hydrogens is 436 g/mol. The van der Waals surface area contributed by atoms with Crippen LogP contribution >= 0.6 is 0 Å². The van der Waals surface area contributed by atoms with E-state index in [2.05, 4.69) is 15.5 Å². The first kappa shape index (κ1) is 23.6. The van der Waals surface area contributed by atoms with Gasteiger partial charge in [-0.3, -0.25) is 9.59 Å². The predicted molar refractivity (Wildman–Crippen MR) is 128 cm³/mol. The number of carbonyl (C=O) groups is 2. The number of nitrogens with zero attached hydrogens (tertiary/aromatic N) is 1.